The lowest BCUT2D eigenvalue weighted by molar-refractivity contribution is 0.0923. The highest BCUT2D eigenvalue weighted by atomic mass is 19.1. The van der Waals surface area contributed by atoms with Crippen LogP contribution in [0, 0.1) is 5.82 Å². The summed E-state index contributed by atoms with van der Waals surface area (Å²) in [5, 5.41) is 3.05. The number of furan rings is 1. The Labute approximate surface area is 187 Å². The molecule has 1 fully saturated rings. The largest absolute Gasteiger partial charge is 0.494 e. The molecule has 1 amide bonds. The number of hydrogen-bond acceptors (Lipinski definition) is 5. The van der Waals surface area contributed by atoms with Gasteiger partial charge in [-0.3, -0.25) is 9.69 Å². The van der Waals surface area contributed by atoms with Crippen LogP contribution in [0.1, 0.15) is 29.1 Å². The van der Waals surface area contributed by atoms with E-state index < -0.39 is 0 Å². The van der Waals surface area contributed by atoms with E-state index in [9.17, 15) is 9.18 Å². The number of benzene rings is 2. The molecule has 0 saturated carbocycles. The summed E-state index contributed by atoms with van der Waals surface area (Å²) in [5.74, 6) is 1.21. The summed E-state index contributed by atoms with van der Waals surface area (Å²) in [4.78, 5) is 17.3. The molecule has 0 radical (unpaired) electrons. The number of nitrogens with one attached hydrogen (secondary N) is 1. The van der Waals surface area contributed by atoms with Gasteiger partial charge >= 0.3 is 0 Å². The zero-order valence-electron chi connectivity index (χ0n) is 18.2. The molecule has 1 atom stereocenters. The average Bonchev–Trinajstić information content (AvgIpc) is 3.35. The molecule has 168 valence electrons. The van der Waals surface area contributed by atoms with E-state index in [4.69, 9.17) is 9.15 Å². The van der Waals surface area contributed by atoms with Crippen LogP contribution in [0.15, 0.2) is 71.3 Å². The van der Waals surface area contributed by atoms with Crippen molar-refractivity contribution in [1.82, 2.24) is 10.2 Å². The maximum absolute atomic E-state index is 13.2. The Morgan fingerprint density at radius 1 is 1.06 bits per heavy atom. The highest BCUT2D eigenvalue weighted by molar-refractivity contribution is 5.94. The van der Waals surface area contributed by atoms with Crippen LogP contribution in [-0.2, 0) is 0 Å². The van der Waals surface area contributed by atoms with Crippen molar-refractivity contribution in [2.75, 3.05) is 44.2 Å². The first-order valence-corrected chi connectivity index (χ1v) is 10.9. The molecular weight excluding hydrogens is 409 g/mol. The molecule has 1 saturated heterocycles. The Bertz CT molecular complexity index is 982. The monoisotopic (exact) mass is 437 g/mol. The van der Waals surface area contributed by atoms with Gasteiger partial charge in [-0.15, -0.1) is 0 Å². The van der Waals surface area contributed by atoms with Crippen molar-refractivity contribution >= 4 is 11.6 Å². The molecule has 0 aliphatic carbocycles. The highest BCUT2D eigenvalue weighted by Crippen LogP contribution is 2.25. The Balaban J connectivity index is 1.38. The van der Waals surface area contributed by atoms with Crippen LogP contribution in [0.2, 0.25) is 0 Å². The molecule has 0 bridgehead atoms. The second-order valence-corrected chi connectivity index (χ2v) is 7.70. The van der Waals surface area contributed by atoms with Gasteiger partial charge in [0.2, 0.25) is 0 Å². The number of nitrogens with zero attached hydrogens (tertiary/aromatic N) is 2. The van der Waals surface area contributed by atoms with Crippen molar-refractivity contribution in [2.45, 2.75) is 13.0 Å². The summed E-state index contributed by atoms with van der Waals surface area (Å²) in [7, 11) is 0. The molecule has 1 N–H and O–H groups in total. The topological polar surface area (TPSA) is 58.0 Å². The number of hydrogen-bond donors (Lipinski definition) is 1. The van der Waals surface area contributed by atoms with E-state index in [2.05, 4.69) is 15.1 Å². The van der Waals surface area contributed by atoms with Crippen LogP contribution in [0.5, 0.6) is 5.75 Å². The summed E-state index contributed by atoms with van der Waals surface area (Å²) >= 11 is 0. The molecule has 6 nitrogen and oxygen atoms in total. The molecule has 2 aromatic carbocycles. The number of amides is 1. The molecule has 1 aliphatic heterocycles. The maximum Gasteiger partial charge on any atom is 0.251 e. The Hall–Kier alpha value is -3.32. The van der Waals surface area contributed by atoms with E-state index in [-0.39, 0.29) is 17.8 Å². The molecule has 0 spiro atoms. The van der Waals surface area contributed by atoms with Gasteiger partial charge in [0.05, 0.1) is 18.9 Å². The van der Waals surface area contributed by atoms with Gasteiger partial charge in [0, 0.05) is 44.0 Å². The predicted octanol–water partition coefficient (Wildman–Crippen LogP) is 4.11. The smallest absolute Gasteiger partial charge is 0.251 e. The minimum absolute atomic E-state index is 0.0629. The van der Waals surface area contributed by atoms with Gasteiger partial charge in [0.25, 0.3) is 5.91 Å². The van der Waals surface area contributed by atoms with E-state index in [1.54, 1.807) is 30.5 Å². The van der Waals surface area contributed by atoms with E-state index in [0.29, 0.717) is 18.7 Å². The molecular formula is C25H28FN3O3. The molecule has 7 heteroatoms. The maximum atomic E-state index is 13.2. The van der Waals surface area contributed by atoms with Gasteiger partial charge in [-0.2, -0.15) is 0 Å². The van der Waals surface area contributed by atoms with Crippen molar-refractivity contribution in [3.8, 4) is 5.75 Å². The SMILES string of the molecule is CCOc1ccc(C(=O)NC[C@H](c2ccco2)N2CCN(c3ccc(F)cc3)CC2)cc1. The first-order valence-electron chi connectivity index (χ1n) is 10.9. The minimum atomic E-state index is -0.228. The molecule has 4 rings (SSSR count). The van der Waals surface area contributed by atoms with Gasteiger partial charge in [-0.05, 0) is 67.6 Å². The normalized spacial score (nSPS) is 15.4. The van der Waals surface area contributed by atoms with Gasteiger partial charge < -0.3 is 19.4 Å². The first-order chi connectivity index (χ1) is 15.6. The summed E-state index contributed by atoms with van der Waals surface area (Å²) in [6.07, 6.45) is 1.66. The van der Waals surface area contributed by atoms with Gasteiger partial charge in [-0.25, -0.2) is 4.39 Å². The lowest BCUT2D eigenvalue weighted by Gasteiger charge is -2.39. The van der Waals surface area contributed by atoms with E-state index >= 15 is 0 Å². The predicted molar refractivity (Wildman–Crippen MR) is 122 cm³/mol. The summed E-state index contributed by atoms with van der Waals surface area (Å²) in [6.45, 7) is 6.20. The van der Waals surface area contributed by atoms with Crippen LogP contribution in [0.4, 0.5) is 10.1 Å². The Kier molecular flexibility index (Phi) is 7.07. The number of piperazine rings is 1. The Morgan fingerprint density at radius 2 is 1.78 bits per heavy atom. The average molecular weight is 438 g/mol. The van der Waals surface area contributed by atoms with E-state index in [1.165, 1.54) is 12.1 Å². The zero-order valence-corrected chi connectivity index (χ0v) is 18.2. The third-order valence-corrected chi connectivity index (χ3v) is 5.70. The van der Waals surface area contributed by atoms with Crippen LogP contribution >= 0.6 is 0 Å². The van der Waals surface area contributed by atoms with E-state index in [0.717, 1.165) is 43.4 Å². The van der Waals surface area contributed by atoms with Gasteiger partial charge in [-0.1, -0.05) is 0 Å². The Morgan fingerprint density at radius 3 is 2.41 bits per heavy atom. The number of carbonyl (C=O) groups excluding carboxylic acids is 1. The number of carbonyl (C=O) groups is 1. The minimum Gasteiger partial charge on any atom is -0.494 e. The molecule has 32 heavy (non-hydrogen) atoms. The number of ether oxygens (including phenoxy) is 1. The molecule has 0 unspecified atom stereocenters. The van der Waals surface area contributed by atoms with Crippen LogP contribution in [-0.4, -0.2) is 50.1 Å². The quantitative estimate of drug-likeness (QED) is 0.575. The van der Waals surface area contributed by atoms with Crippen LogP contribution < -0.4 is 15.0 Å². The lowest BCUT2D eigenvalue weighted by atomic mass is 10.1. The van der Waals surface area contributed by atoms with Crippen LogP contribution in [0.3, 0.4) is 0 Å². The second kappa shape index (κ2) is 10.3. The molecule has 1 aromatic heterocycles. The number of halogens is 1. The van der Waals surface area contributed by atoms with E-state index in [1.807, 2.05) is 31.2 Å². The molecule has 2 heterocycles. The lowest BCUT2D eigenvalue weighted by Crippen LogP contribution is -2.49. The number of anilines is 1. The highest BCUT2D eigenvalue weighted by Gasteiger charge is 2.27. The third kappa shape index (κ3) is 5.29. The van der Waals surface area contributed by atoms with Gasteiger partial charge in [0.15, 0.2) is 0 Å². The fourth-order valence-electron chi connectivity index (χ4n) is 3.99. The summed E-state index contributed by atoms with van der Waals surface area (Å²) in [5.41, 5.74) is 1.61. The van der Waals surface area contributed by atoms with Gasteiger partial charge in [0.1, 0.15) is 17.3 Å². The summed E-state index contributed by atoms with van der Waals surface area (Å²) < 4.78 is 24.4. The van der Waals surface area contributed by atoms with Crippen molar-refractivity contribution in [3.63, 3.8) is 0 Å². The van der Waals surface area contributed by atoms with Crippen molar-refractivity contribution in [1.29, 1.82) is 0 Å². The van der Waals surface area contributed by atoms with Crippen molar-refractivity contribution in [2.24, 2.45) is 0 Å². The number of rotatable bonds is 8. The standard InChI is InChI=1S/C25H28FN3O3/c1-2-31-22-11-5-19(6-12-22)25(30)27-18-23(24-4-3-17-32-24)29-15-13-28(14-16-29)21-9-7-20(26)8-10-21/h3-12,17,23H,2,13-16,18H2,1H3,(H,27,30)/t23-/m1/s1. The third-order valence-electron chi connectivity index (χ3n) is 5.70. The first kappa shape index (κ1) is 21.9. The summed E-state index contributed by atoms with van der Waals surface area (Å²) in [6, 6.07) is 17.5. The fourth-order valence-corrected chi connectivity index (χ4v) is 3.99. The second-order valence-electron chi connectivity index (χ2n) is 7.70. The van der Waals surface area contributed by atoms with Crippen molar-refractivity contribution < 1.29 is 18.3 Å². The zero-order chi connectivity index (χ0) is 22.3. The van der Waals surface area contributed by atoms with Crippen molar-refractivity contribution in [3.05, 3.63) is 84.1 Å². The molecule has 1 aliphatic rings. The molecule has 3 aromatic rings. The van der Waals surface area contributed by atoms with Crippen LogP contribution in [0.25, 0.3) is 0 Å². The fraction of sp³-hybridized carbons (Fsp3) is 0.320.